The van der Waals surface area contributed by atoms with Crippen LogP contribution in [0.1, 0.15) is 21.5 Å². The van der Waals surface area contributed by atoms with Gasteiger partial charge in [-0.25, -0.2) is 13.6 Å². The van der Waals surface area contributed by atoms with E-state index in [0.717, 1.165) is 5.56 Å². The van der Waals surface area contributed by atoms with E-state index in [1.165, 1.54) is 31.4 Å². The summed E-state index contributed by atoms with van der Waals surface area (Å²) in [4.78, 5) is 11.3. The number of hydrogen-bond acceptors (Lipinski definition) is 3. The van der Waals surface area contributed by atoms with Gasteiger partial charge in [0, 0.05) is 0 Å². The minimum Gasteiger partial charge on any atom is -0.486 e. The van der Waals surface area contributed by atoms with Gasteiger partial charge < -0.3 is 9.47 Å². The van der Waals surface area contributed by atoms with Crippen molar-refractivity contribution in [3.05, 3.63) is 64.7 Å². The van der Waals surface area contributed by atoms with Gasteiger partial charge >= 0.3 is 5.97 Å². The highest BCUT2D eigenvalue weighted by Crippen LogP contribution is 2.20. The van der Waals surface area contributed by atoms with E-state index in [2.05, 4.69) is 4.74 Å². The van der Waals surface area contributed by atoms with Gasteiger partial charge in [-0.1, -0.05) is 12.1 Å². The average Bonchev–Trinajstić information content (AvgIpc) is 2.47. The van der Waals surface area contributed by atoms with E-state index in [4.69, 9.17) is 4.74 Å². The largest absolute Gasteiger partial charge is 0.486 e. The van der Waals surface area contributed by atoms with Gasteiger partial charge in [-0.15, -0.1) is 0 Å². The fraction of sp³-hybridized carbons (Fsp3) is 0.188. The highest BCUT2D eigenvalue weighted by molar-refractivity contribution is 5.89. The van der Waals surface area contributed by atoms with Crippen molar-refractivity contribution >= 4 is 5.97 Å². The lowest BCUT2D eigenvalue weighted by molar-refractivity contribution is 0.0595. The molecule has 0 aliphatic carbocycles. The van der Waals surface area contributed by atoms with Crippen LogP contribution in [0.15, 0.2) is 36.4 Å². The normalized spacial score (nSPS) is 10.3. The van der Waals surface area contributed by atoms with Crippen LogP contribution in [0.5, 0.6) is 5.75 Å². The van der Waals surface area contributed by atoms with E-state index >= 15 is 0 Å². The number of carbonyl (C=O) groups excluding carboxylic acids is 1. The van der Waals surface area contributed by atoms with Gasteiger partial charge in [0.05, 0.1) is 12.7 Å². The van der Waals surface area contributed by atoms with Crippen molar-refractivity contribution in [1.82, 2.24) is 0 Å². The predicted molar refractivity (Wildman–Crippen MR) is 73.2 cm³/mol. The number of methoxy groups -OCH3 is 1. The minimum absolute atomic E-state index is 0.00124. The Hall–Kier alpha value is -2.43. The minimum atomic E-state index is -0.746. The first-order valence-corrected chi connectivity index (χ1v) is 6.27. The number of benzene rings is 2. The zero-order valence-electron chi connectivity index (χ0n) is 11.7. The third-order valence-electron chi connectivity index (χ3n) is 2.92. The molecule has 0 bridgehead atoms. The molecule has 2 aromatic carbocycles. The molecule has 0 saturated carbocycles. The van der Waals surface area contributed by atoms with E-state index in [1.54, 1.807) is 12.1 Å². The van der Waals surface area contributed by atoms with Crippen molar-refractivity contribution in [1.29, 1.82) is 0 Å². The fourth-order valence-corrected chi connectivity index (χ4v) is 1.81. The lowest BCUT2D eigenvalue weighted by atomic mass is 10.1. The molecule has 0 amide bonds. The molecule has 3 nitrogen and oxygen atoms in total. The molecule has 0 aliphatic rings. The molecule has 0 heterocycles. The third kappa shape index (κ3) is 3.56. The zero-order chi connectivity index (χ0) is 15.4. The van der Waals surface area contributed by atoms with Crippen LogP contribution < -0.4 is 4.74 Å². The summed E-state index contributed by atoms with van der Waals surface area (Å²) in [5, 5.41) is 0. The first-order valence-electron chi connectivity index (χ1n) is 6.27. The summed E-state index contributed by atoms with van der Waals surface area (Å²) < 4.78 is 37.0. The Morgan fingerprint density at radius 2 is 1.86 bits per heavy atom. The van der Waals surface area contributed by atoms with Crippen LogP contribution in [0, 0.1) is 18.6 Å². The fourth-order valence-electron chi connectivity index (χ4n) is 1.81. The molecular formula is C16H14F2O3. The number of esters is 1. The molecule has 0 aromatic heterocycles. The van der Waals surface area contributed by atoms with Crippen LogP contribution in [0.2, 0.25) is 0 Å². The first-order chi connectivity index (χ1) is 10.0. The molecule has 0 atom stereocenters. The van der Waals surface area contributed by atoms with Crippen LogP contribution >= 0.6 is 0 Å². The summed E-state index contributed by atoms with van der Waals surface area (Å²) in [6.45, 7) is 1.82. The van der Waals surface area contributed by atoms with Crippen LogP contribution in [0.3, 0.4) is 0 Å². The van der Waals surface area contributed by atoms with Crippen molar-refractivity contribution in [3.63, 3.8) is 0 Å². The Kier molecular flexibility index (Phi) is 4.52. The molecule has 0 spiro atoms. The number of carbonyl (C=O) groups is 1. The summed E-state index contributed by atoms with van der Waals surface area (Å²) >= 11 is 0. The number of halogens is 2. The standard InChI is InChI=1S/C16H14F2O3/c1-10-3-6-13(17)15(7-10)21-9-11-4-5-12(14(18)8-11)16(19)20-2/h3-8H,9H2,1-2H3. The first kappa shape index (κ1) is 15.0. The van der Waals surface area contributed by atoms with Crippen molar-refractivity contribution in [2.24, 2.45) is 0 Å². The Morgan fingerprint density at radius 3 is 2.52 bits per heavy atom. The highest BCUT2D eigenvalue weighted by Gasteiger charge is 2.12. The lowest BCUT2D eigenvalue weighted by Crippen LogP contribution is -2.06. The summed E-state index contributed by atoms with van der Waals surface area (Å²) in [5.41, 5.74) is 1.20. The Morgan fingerprint density at radius 1 is 1.10 bits per heavy atom. The summed E-state index contributed by atoms with van der Waals surface area (Å²) in [7, 11) is 1.18. The van der Waals surface area contributed by atoms with Gasteiger partial charge in [-0.2, -0.15) is 0 Å². The quantitative estimate of drug-likeness (QED) is 0.807. The Bertz CT molecular complexity index is 669. The summed E-state index contributed by atoms with van der Waals surface area (Å²) in [6, 6.07) is 8.52. The lowest BCUT2D eigenvalue weighted by Gasteiger charge is -2.09. The van der Waals surface area contributed by atoms with E-state index in [1.807, 2.05) is 6.92 Å². The van der Waals surface area contributed by atoms with Crippen molar-refractivity contribution in [2.45, 2.75) is 13.5 Å². The van der Waals surface area contributed by atoms with Crippen LogP contribution in [0.4, 0.5) is 8.78 Å². The van der Waals surface area contributed by atoms with Crippen molar-refractivity contribution < 1.29 is 23.0 Å². The molecule has 110 valence electrons. The molecule has 2 rings (SSSR count). The molecule has 0 N–H and O–H groups in total. The van der Waals surface area contributed by atoms with E-state index in [0.29, 0.717) is 5.56 Å². The van der Waals surface area contributed by atoms with Gasteiger partial charge in [0.15, 0.2) is 11.6 Å². The van der Waals surface area contributed by atoms with Gasteiger partial charge in [-0.05, 0) is 42.3 Å². The predicted octanol–water partition coefficient (Wildman–Crippen LogP) is 3.64. The molecule has 2 aromatic rings. The van der Waals surface area contributed by atoms with Crippen LogP contribution in [0.25, 0.3) is 0 Å². The van der Waals surface area contributed by atoms with E-state index in [9.17, 15) is 13.6 Å². The van der Waals surface area contributed by atoms with Crippen LogP contribution in [-0.4, -0.2) is 13.1 Å². The summed E-state index contributed by atoms with van der Waals surface area (Å²) in [6.07, 6.45) is 0. The number of rotatable bonds is 4. The maximum atomic E-state index is 13.7. The number of aryl methyl sites for hydroxylation is 1. The zero-order valence-corrected chi connectivity index (χ0v) is 11.7. The molecule has 5 heteroatoms. The van der Waals surface area contributed by atoms with Gasteiger partial charge in [-0.3, -0.25) is 0 Å². The maximum Gasteiger partial charge on any atom is 0.340 e. The molecule has 21 heavy (non-hydrogen) atoms. The molecule has 0 radical (unpaired) electrons. The van der Waals surface area contributed by atoms with Crippen molar-refractivity contribution in [3.8, 4) is 5.75 Å². The molecule has 0 saturated heterocycles. The molecule has 0 fully saturated rings. The number of hydrogen-bond donors (Lipinski definition) is 0. The summed E-state index contributed by atoms with van der Waals surface area (Å²) in [5.74, 6) is -1.82. The SMILES string of the molecule is COC(=O)c1ccc(COc2cc(C)ccc2F)cc1F. The van der Waals surface area contributed by atoms with E-state index in [-0.39, 0.29) is 17.9 Å². The topological polar surface area (TPSA) is 35.5 Å². The third-order valence-corrected chi connectivity index (χ3v) is 2.92. The number of ether oxygens (including phenoxy) is 2. The highest BCUT2D eigenvalue weighted by atomic mass is 19.1. The van der Waals surface area contributed by atoms with Gasteiger partial charge in [0.1, 0.15) is 12.4 Å². The second-order valence-electron chi connectivity index (χ2n) is 4.53. The monoisotopic (exact) mass is 292 g/mol. The van der Waals surface area contributed by atoms with Crippen LogP contribution in [-0.2, 0) is 11.3 Å². The second kappa shape index (κ2) is 6.35. The Labute approximate surface area is 121 Å². The Balaban J connectivity index is 2.12. The smallest absolute Gasteiger partial charge is 0.340 e. The van der Waals surface area contributed by atoms with E-state index < -0.39 is 17.6 Å². The molecule has 0 aliphatic heterocycles. The van der Waals surface area contributed by atoms with Gasteiger partial charge in [0.25, 0.3) is 0 Å². The van der Waals surface area contributed by atoms with Crippen molar-refractivity contribution in [2.75, 3.05) is 7.11 Å². The second-order valence-corrected chi connectivity index (χ2v) is 4.53. The molecular weight excluding hydrogens is 278 g/mol. The molecule has 0 unspecified atom stereocenters. The average molecular weight is 292 g/mol. The maximum absolute atomic E-state index is 13.7. The van der Waals surface area contributed by atoms with Gasteiger partial charge in [0.2, 0.25) is 0 Å².